The first-order valence-corrected chi connectivity index (χ1v) is 4.12. The molecular weight excluding hydrogens is 198 g/mol. The van der Waals surface area contributed by atoms with E-state index in [1.165, 1.54) is 25.4 Å². The van der Waals surface area contributed by atoms with Crippen LogP contribution in [0.1, 0.15) is 0 Å². The lowest BCUT2D eigenvalue weighted by atomic mass is 10.4. The van der Waals surface area contributed by atoms with Crippen molar-refractivity contribution >= 4 is 17.8 Å². The topological polar surface area (TPSA) is 109 Å². The Bertz CT molecular complexity index is 392. The van der Waals surface area contributed by atoms with Gasteiger partial charge in [0.15, 0.2) is 0 Å². The molecule has 0 atom stereocenters. The molecule has 15 heavy (non-hydrogen) atoms. The molecule has 0 aliphatic rings. The van der Waals surface area contributed by atoms with Crippen LogP contribution in [0.2, 0.25) is 0 Å². The van der Waals surface area contributed by atoms with Crippen LogP contribution in [0.25, 0.3) is 0 Å². The monoisotopic (exact) mass is 209 g/mol. The zero-order chi connectivity index (χ0) is 11.4. The zero-order valence-electron chi connectivity index (χ0n) is 8.10. The van der Waals surface area contributed by atoms with E-state index in [9.17, 15) is 10.0 Å². The van der Waals surface area contributed by atoms with E-state index in [4.69, 9.17) is 11.1 Å². The molecule has 0 radical (unpaired) electrons. The molecule has 7 heteroatoms. The van der Waals surface area contributed by atoms with Crippen molar-refractivity contribution in [1.82, 2.24) is 5.32 Å². The van der Waals surface area contributed by atoms with Crippen LogP contribution in [0.4, 0.5) is 10.6 Å². The molecule has 2 amide bonds. The third-order valence-corrected chi connectivity index (χ3v) is 1.69. The second-order valence-corrected chi connectivity index (χ2v) is 2.66. The Kier molecular flexibility index (Phi) is 3.06. The zero-order valence-corrected chi connectivity index (χ0v) is 8.10. The molecule has 0 aliphatic heterocycles. The Morgan fingerprint density at radius 3 is 2.80 bits per heavy atom. The number of aromatic nitrogens is 1. The second-order valence-electron chi connectivity index (χ2n) is 2.66. The molecule has 0 bridgehead atoms. The highest BCUT2D eigenvalue weighted by atomic mass is 16.5. The molecule has 0 aromatic carbocycles. The highest BCUT2D eigenvalue weighted by Crippen LogP contribution is 2.06. The van der Waals surface area contributed by atoms with Crippen LogP contribution >= 0.6 is 0 Å². The quantitative estimate of drug-likeness (QED) is 0.247. The van der Waals surface area contributed by atoms with E-state index in [-0.39, 0.29) is 5.82 Å². The van der Waals surface area contributed by atoms with E-state index >= 15 is 0 Å². The van der Waals surface area contributed by atoms with Crippen molar-refractivity contribution in [3.05, 3.63) is 29.6 Å². The van der Waals surface area contributed by atoms with Gasteiger partial charge in [0, 0.05) is 13.1 Å². The molecule has 1 aromatic rings. The summed E-state index contributed by atoms with van der Waals surface area (Å²) in [6, 6.07) is 3.84. The van der Waals surface area contributed by atoms with E-state index < -0.39 is 12.0 Å². The van der Waals surface area contributed by atoms with Crippen molar-refractivity contribution in [2.75, 3.05) is 11.9 Å². The summed E-state index contributed by atoms with van der Waals surface area (Å²) in [6.07, 6.45) is 1.22. The number of hydrogen-bond acceptors (Lipinski definition) is 3. The predicted octanol–water partition coefficient (Wildman–Crippen LogP) is -0.641. The highest BCUT2D eigenvalue weighted by Gasteiger charge is 2.27. The minimum atomic E-state index is -0.640. The molecule has 1 rings (SSSR count). The lowest BCUT2D eigenvalue weighted by molar-refractivity contribution is -0.591. The van der Waals surface area contributed by atoms with Crippen LogP contribution in [-0.4, -0.2) is 19.0 Å². The standard InChI is InChI=1S/C8H11N5O2/c1-11-8(14)13(7(9)10)6-4-2-3-5-12(6)15/h2-5H,1H3,(H3,9,10)(H,11,14). The largest absolute Gasteiger partial charge is 0.711 e. The number of nitrogens with two attached hydrogens (primary N) is 1. The third kappa shape index (κ3) is 2.13. The number of carbonyl (C=O) groups excluding carboxylic acids is 1. The summed E-state index contributed by atoms with van der Waals surface area (Å²) < 4.78 is 0.455. The van der Waals surface area contributed by atoms with E-state index in [0.29, 0.717) is 4.73 Å². The Morgan fingerprint density at radius 2 is 2.33 bits per heavy atom. The number of pyridine rings is 1. The van der Waals surface area contributed by atoms with Gasteiger partial charge in [0.2, 0.25) is 0 Å². The van der Waals surface area contributed by atoms with Gasteiger partial charge in [-0.2, -0.15) is 0 Å². The minimum Gasteiger partial charge on any atom is -0.711 e. The fourth-order valence-electron chi connectivity index (χ4n) is 1.04. The summed E-state index contributed by atoms with van der Waals surface area (Å²) in [5.41, 5.74) is 5.21. The van der Waals surface area contributed by atoms with Crippen molar-refractivity contribution in [2.45, 2.75) is 0 Å². The second kappa shape index (κ2) is 4.27. The Morgan fingerprint density at radius 1 is 1.67 bits per heavy atom. The molecule has 0 aliphatic carbocycles. The van der Waals surface area contributed by atoms with Gasteiger partial charge in [0.25, 0.3) is 11.8 Å². The number of amides is 2. The van der Waals surface area contributed by atoms with Gasteiger partial charge in [-0.25, -0.2) is 14.9 Å². The molecule has 7 nitrogen and oxygen atoms in total. The SMILES string of the molecule is CNC(=O)N(C(=N)N)c1cccc[n+]1[O-]. The number of hydrogen-bond donors (Lipinski definition) is 3. The van der Waals surface area contributed by atoms with Crippen LogP contribution in [0, 0.1) is 10.6 Å². The summed E-state index contributed by atoms with van der Waals surface area (Å²) in [5.74, 6) is -0.547. The van der Waals surface area contributed by atoms with Crippen LogP contribution in [0.5, 0.6) is 0 Å². The predicted molar refractivity (Wildman–Crippen MR) is 54.3 cm³/mol. The number of urea groups is 1. The molecule has 0 unspecified atom stereocenters. The maximum atomic E-state index is 11.3. The molecular formula is C8H11N5O2. The van der Waals surface area contributed by atoms with Crippen LogP contribution in [-0.2, 0) is 0 Å². The van der Waals surface area contributed by atoms with Crippen molar-refractivity contribution < 1.29 is 9.52 Å². The lowest BCUT2D eigenvalue weighted by Crippen LogP contribution is -2.51. The summed E-state index contributed by atoms with van der Waals surface area (Å²) >= 11 is 0. The number of guanidine groups is 1. The van der Waals surface area contributed by atoms with Gasteiger partial charge in [0.05, 0.1) is 6.20 Å². The molecule has 0 fully saturated rings. The minimum absolute atomic E-state index is 0.0237. The van der Waals surface area contributed by atoms with Crippen molar-refractivity contribution in [3.8, 4) is 0 Å². The maximum absolute atomic E-state index is 11.3. The molecule has 0 saturated carbocycles. The van der Waals surface area contributed by atoms with Crippen LogP contribution < -0.4 is 20.7 Å². The van der Waals surface area contributed by atoms with E-state index in [2.05, 4.69) is 5.32 Å². The molecule has 4 N–H and O–H groups in total. The summed E-state index contributed by atoms with van der Waals surface area (Å²) in [7, 11) is 1.39. The maximum Gasteiger partial charge on any atom is 0.416 e. The van der Waals surface area contributed by atoms with Crippen molar-refractivity contribution in [3.63, 3.8) is 0 Å². The summed E-state index contributed by atoms with van der Waals surface area (Å²) in [5, 5.41) is 20.8. The fourth-order valence-corrected chi connectivity index (χ4v) is 1.04. The van der Waals surface area contributed by atoms with Gasteiger partial charge in [-0.15, -0.1) is 4.90 Å². The molecule has 1 aromatic heterocycles. The Balaban J connectivity index is 3.16. The molecule has 0 spiro atoms. The highest BCUT2D eigenvalue weighted by molar-refractivity contribution is 6.12. The van der Waals surface area contributed by atoms with Gasteiger partial charge >= 0.3 is 6.03 Å². The van der Waals surface area contributed by atoms with E-state index in [1.54, 1.807) is 6.07 Å². The normalized spacial score (nSPS) is 9.40. The van der Waals surface area contributed by atoms with Crippen molar-refractivity contribution in [1.29, 1.82) is 5.41 Å². The number of carbonyl (C=O) groups is 1. The van der Waals surface area contributed by atoms with Crippen molar-refractivity contribution in [2.24, 2.45) is 5.73 Å². The molecule has 80 valence electrons. The first-order chi connectivity index (χ1) is 7.07. The Labute approximate surface area is 86.2 Å². The molecule has 0 saturated heterocycles. The number of nitrogens with one attached hydrogen (secondary N) is 2. The number of rotatable bonds is 1. The first-order valence-electron chi connectivity index (χ1n) is 4.12. The molecule has 1 heterocycles. The van der Waals surface area contributed by atoms with E-state index in [0.717, 1.165) is 4.90 Å². The summed E-state index contributed by atoms with van der Waals surface area (Å²) in [6.45, 7) is 0. The average molecular weight is 209 g/mol. The third-order valence-electron chi connectivity index (χ3n) is 1.69. The van der Waals surface area contributed by atoms with Gasteiger partial charge < -0.3 is 16.3 Å². The van der Waals surface area contributed by atoms with Gasteiger partial charge in [-0.3, -0.25) is 0 Å². The van der Waals surface area contributed by atoms with Gasteiger partial charge in [-0.05, 0) is 6.07 Å². The fraction of sp³-hybridized carbons (Fsp3) is 0.125. The lowest BCUT2D eigenvalue weighted by Gasteiger charge is -2.15. The van der Waals surface area contributed by atoms with Gasteiger partial charge in [0.1, 0.15) is 0 Å². The summed E-state index contributed by atoms with van der Waals surface area (Å²) in [4.78, 5) is 12.1. The smallest absolute Gasteiger partial charge is 0.416 e. The van der Waals surface area contributed by atoms with Gasteiger partial charge in [-0.1, -0.05) is 6.07 Å². The first kappa shape index (κ1) is 10.8. The number of nitrogens with zero attached hydrogens (tertiary/aromatic N) is 2. The van der Waals surface area contributed by atoms with E-state index in [1.807, 2.05) is 0 Å². The average Bonchev–Trinajstić information content (AvgIpc) is 2.20. The van der Waals surface area contributed by atoms with Crippen LogP contribution in [0.3, 0.4) is 0 Å². The Hall–Kier alpha value is -2.31. The number of anilines is 1. The van der Waals surface area contributed by atoms with Crippen LogP contribution in [0.15, 0.2) is 24.4 Å².